The van der Waals surface area contributed by atoms with Gasteiger partial charge < -0.3 is 5.73 Å². The number of halogens is 1. The fraction of sp³-hybridized carbons (Fsp3) is 0.300. The van der Waals surface area contributed by atoms with E-state index in [-0.39, 0.29) is 0 Å². The lowest BCUT2D eigenvalue weighted by Gasteiger charge is -1.90. The van der Waals surface area contributed by atoms with Crippen LogP contribution in [0.25, 0.3) is 10.2 Å². The van der Waals surface area contributed by atoms with Gasteiger partial charge in [-0.3, -0.25) is 0 Å². The van der Waals surface area contributed by atoms with Crippen molar-refractivity contribution >= 4 is 33.2 Å². The van der Waals surface area contributed by atoms with Gasteiger partial charge >= 0.3 is 0 Å². The van der Waals surface area contributed by atoms with Gasteiger partial charge in [-0.2, -0.15) is 0 Å². The molecule has 2 nitrogen and oxygen atoms in total. The highest BCUT2D eigenvalue weighted by atomic mass is 35.5. The number of aryl methyl sites for hydroxylation is 1. The van der Waals surface area contributed by atoms with Crippen LogP contribution >= 0.6 is 22.9 Å². The minimum atomic E-state index is 0.712. The van der Waals surface area contributed by atoms with Gasteiger partial charge in [0.25, 0.3) is 0 Å². The number of aromatic nitrogens is 1. The molecule has 2 rings (SSSR count). The van der Waals surface area contributed by atoms with Crippen LogP contribution in [-0.2, 0) is 6.42 Å². The summed E-state index contributed by atoms with van der Waals surface area (Å²) in [5.74, 6) is 0. The molecule has 0 fully saturated rings. The van der Waals surface area contributed by atoms with Crippen molar-refractivity contribution in [2.45, 2.75) is 12.8 Å². The van der Waals surface area contributed by atoms with E-state index in [4.69, 9.17) is 17.3 Å². The highest BCUT2D eigenvalue weighted by Gasteiger charge is 2.05. The molecule has 0 unspecified atom stereocenters. The van der Waals surface area contributed by atoms with Gasteiger partial charge in [-0.1, -0.05) is 17.7 Å². The van der Waals surface area contributed by atoms with Crippen LogP contribution in [0.5, 0.6) is 0 Å². The molecule has 0 bridgehead atoms. The summed E-state index contributed by atoms with van der Waals surface area (Å²) in [6, 6.07) is 5.87. The average Bonchev–Trinajstić information content (AvgIpc) is 2.59. The molecule has 1 aromatic heterocycles. The molecule has 1 heterocycles. The predicted molar refractivity (Wildman–Crippen MR) is 62.0 cm³/mol. The van der Waals surface area contributed by atoms with Crippen LogP contribution < -0.4 is 5.73 Å². The molecule has 0 radical (unpaired) electrons. The van der Waals surface area contributed by atoms with Gasteiger partial charge in [-0.25, -0.2) is 4.98 Å². The maximum atomic E-state index is 6.02. The van der Waals surface area contributed by atoms with Crippen LogP contribution in [0.15, 0.2) is 18.2 Å². The second-order valence-corrected chi connectivity index (χ2v) is 4.61. The van der Waals surface area contributed by atoms with Crippen LogP contribution in [-0.4, -0.2) is 11.5 Å². The quantitative estimate of drug-likeness (QED) is 0.874. The van der Waals surface area contributed by atoms with Crippen molar-refractivity contribution in [1.82, 2.24) is 4.98 Å². The molecule has 0 aliphatic heterocycles. The Hall–Kier alpha value is -0.640. The lowest BCUT2D eigenvalue weighted by Crippen LogP contribution is -1.99. The molecule has 1 aromatic carbocycles. The highest BCUT2D eigenvalue weighted by molar-refractivity contribution is 7.18. The third-order valence-corrected chi connectivity index (χ3v) is 3.39. The summed E-state index contributed by atoms with van der Waals surface area (Å²) < 4.78 is 1.16. The Morgan fingerprint density at radius 1 is 1.43 bits per heavy atom. The van der Waals surface area contributed by atoms with E-state index in [0.717, 1.165) is 33.1 Å². The summed E-state index contributed by atoms with van der Waals surface area (Å²) in [6.45, 7) is 0.712. The van der Waals surface area contributed by atoms with Gasteiger partial charge in [0.2, 0.25) is 0 Å². The molecule has 0 saturated heterocycles. The minimum Gasteiger partial charge on any atom is -0.330 e. The first-order valence-electron chi connectivity index (χ1n) is 4.55. The number of nitrogens with zero attached hydrogens (tertiary/aromatic N) is 1. The minimum absolute atomic E-state index is 0.712. The summed E-state index contributed by atoms with van der Waals surface area (Å²) in [5, 5.41) is 1.86. The number of hydrogen-bond donors (Lipinski definition) is 1. The summed E-state index contributed by atoms with van der Waals surface area (Å²) in [7, 11) is 0. The van der Waals surface area contributed by atoms with E-state index >= 15 is 0 Å². The van der Waals surface area contributed by atoms with Crippen LogP contribution in [0.4, 0.5) is 0 Å². The van der Waals surface area contributed by atoms with E-state index in [1.165, 1.54) is 0 Å². The molecular weight excluding hydrogens is 216 g/mol. The summed E-state index contributed by atoms with van der Waals surface area (Å²) in [5.41, 5.74) is 6.37. The number of benzene rings is 1. The maximum absolute atomic E-state index is 6.02. The van der Waals surface area contributed by atoms with E-state index in [1.54, 1.807) is 11.3 Å². The van der Waals surface area contributed by atoms with Gasteiger partial charge in [0.15, 0.2) is 0 Å². The maximum Gasteiger partial charge on any atom is 0.100 e. The third kappa shape index (κ3) is 1.90. The molecule has 0 amide bonds. The van der Waals surface area contributed by atoms with E-state index < -0.39 is 0 Å². The Morgan fingerprint density at radius 2 is 2.29 bits per heavy atom. The molecule has 74 valence electrons. The largest absolute Gasteiger partial charge is 0.330 e. The topological polar surface area (TPSA) is 38.9 Å². The van der Waals surface area contributed by atoms with Crippen LogP contribution in [0, 0.1) is 0 Å². The Morgan fingerprint density at radius 3 is 3.00 bits per heavy atom. The average molecular weight is 227 g/mol. The van der Waals surface area contributed by atoms with Crippen molar-refractivity contribution in [3.63, 3.8) is 0 Å². The Bertz CT molecular complexity index is 439. The highest BCUT2D eigenvalue weighted by Crippen LogP contribution is 2.28. The van der Waals surface area contributed by atoms with Gasteiger partial charge in [0, 0.05) is 6.42 Å². The molecule has 0 spiro atoms. The fourth-order valence-corrected chi connectivity index (χ4v) is 2.63. The summed E-state index contributed by atoms with van der Waals surface area (Å²) in [6.07, 6.45) is 1.93. The Kier molecular flexibility index (Phi) is 3.01. The number of hydrogen-bond acceptors (Lipinski definition) is 3. The number of nitrogens with two attached hydrogens (primary N) is 1. The van der Waals surface area contributed by atoms with Gasteiger partial charge in [-0.15, -0.1) is 11.3 Å². The Balaban J connectivity index is 2.36. The molecule has 2 N–H and O–H groups in total. The van der Waals surface area contributed by atoms with Crippen LogP contribution in [0.3, 0.4) is 0 Å². The smallest absolute Gasteiger partial charge is 0.100 e. The Labute approximate surface area is 91.7 Å². The lowest BCUT2D eigenvalue weighted by molar-refractivity contribution is 0.828. The standard InChI is InChI=1S/C10H11ClN2S/c11-7-3-1-4-8-10(7)13-9(14-8)5-2-6-12/h1,3-4H,2,5-6,12H2. The molecule has 0 saturated carbocycles. The van der Waals surface area contributed by atoms with Gasteiger partial charge in [0.1, 0.15) is 5.52 Å². The first-order valence-corrected chi connectivity index (χ1v) is 5.74. The van der Waals surface area contributed by atoms with Crippen molar-refractivity contribution in [3.05, 3.63) is 28.2 Å². The van der Waals surface area contributed by atoms with Gasteiger partial charge in [0.05, 0.1) is 14.7 Å². The number of para-hydroxylation sites is 1. The monoisotopic (exact) mass is 226 g/mol. The number of thiazole rings is 1. The van der Waals surface area contributed by atoms with E-state index in [2.05, 4.69) is 4.98 Å². The molecule has 14 heavy (non-hydrogen) atoms. The molecule has 2 aromatic rings. The molecule has 0 aliphatic rings. The molecule has 4 heteroatoms. The molecule has 0 aliphatic carbocycles. The normalized spacial score (nSPS) is 11.0. The van der Waals surface area contributed by atoms with Crippen LogP contribution in [0.2, 0.25) is 5.02 Å². The van der Waals surface area contributed by atoms with E-state index in [9.17, 15) is 0 Å². The van der Waals surface area contributed by atoms with Crippen molar-refractivity contribution in [1.29, 1.82) is 0 Å². The van der Waals surface area contributed by atoms with Crippen molar-refractivity contribution < 1.29 is 0 Å². The third-order valence-electron chi connectivity index (χ3n) is 2.01. The summed E-state index contributed by atoms with van der Waals surface area (Å²) in [4.78, 5) is 4.48. The second-order valence-electron chi connectivity index (χ2n) is 3.09. The fourth-order valence-electron chi connectivity index (χ4n) is 1.32. The van der Waals surface area contributed by atoms with Crippen molar-refractivity contribution in [2.75, 3.05) is 6.54 Å². The molecular formula is C10H11ClN2S. The summed E-state index contributed by atoms with van der Waals surface area (Å²) >= 11 is 7.72. The zero-order valence-electron chi connectivity index (χ0n) is 7.66. The predicted octanol–water partition coefficient (Wildman–Crippen LogP) is 2.84. The van der Waals surface area contributed by atoms with Crippen LogP contribution in [0.1, 0.15) is 11.4 Å². The number of rotatable bonds is 3. The SMILES string of the molecule is NCCCc1nc2c(Cl)cccc2s1. The van der Waals surface area contributed by atoms with E-state index in [0.29, 0.717) is 6.54 Å². The number of fused-ring (bicyclic) bond motifs is 1. The lowest BCUT2D eigenvalue weighted by atomic mass is 10.3. The van der Waals surface area contributed by atoms with Crippen molar-refractivity contribution in [2.24, 2.45) is 5.73 Å². The second kappa shape index (κ2) is 4.26. The first kappa shape index (κ1) is 9.90. The zero-order valence-corrected chi connectivity index (χ0v) is 9.24. The zero-order chi connectivity index (χ0) is 9.97. The van der Waals surface area contributed by atoms with Crippen molar-refractivity contribution in [3.8, 4) is 0 Å². The molecule has 0 atom stereocenters. The van der Waals surface area contributed by atoms with E-state index in [1.807, 2.05) is 18.2 Å². The first-order chi connectivity index (χ1) is 6.81. The van der Waals surface area contributed by atoms with Gasteiger partial charge in [-0.05, 0) is 25.1 Å².